The maximum absolute atomic E-state index is 12.5. The predicted octanol–water partition coefficient (Wildman–Crippen LogP) is 1.94. The van der Waals surface area contributed by atoms with Gasteiger partial charge in [-0.3, -0.25) is 4.79 Å². The van der Waals surface area contributed by atoms with Gasteiger partial charge in [-0.2, -0.15) is 12.8 Å². The predicted molar refractivity (Wildman–Crippen MR) is 96.5 cm³/mol. The van der Waals surface area contributed by atoms with Gasteiger partial charge in [-0.25, -0.2) is 10.8 Å². The molecule has 0 atom stereocenters. The van der Waals surface area contributed by atoms with Gasteiger partial charge in [-0.1, -0.05) is 29.8 Å². The number of hydrazine groups is 1. The van der Waals surface area contributed by atoms with Crippen molar-refractivity contribution in [3.8, 4) is 0 Å². The molecule has 3 rings (SSSR count). The molecule has 134 valence electrons. The summed E-state index contributed by atoms with van der Waals surface area (Å²) in [6.07, 6.45) is 5.20. The Labute approximate surface area is 151 Å². The smallest absolute Gasteiger partial charge is 0.282 e. The normalized spacial score (nSPS) is 11.3. The zero-order chi connectivity index (χ0) is 18.7. The molecular formula is C18H18N4O3S. The maximum Gasteiger partial charge on any atom is 0.282 e. The Morgan fingerprint density at radius 3 is 2.35 bits per heavy atom. The minimum absolute atomic E-state index is 0.0318. The molecule has 0 aliphatic carbocycles. The second kappa shape index (κ2) is 7.11. The van der Waals surface area contributed by atoms with Gasteiger partial charge < -0.3 is 4.57 Å². The van der Waals surface area contributed by atoms with Crippen LogP contribution in [0.25, 0.3) is 0 Å². The average molecular weight is 370 g/mol. The largest absolute Gasteiger partial charge is 0.333 e. The van der Waals surface area contributed by atoms with E-state index in [0.29, 0.717) is 6.54 Å². The fraction of sp³-hybridized carbons (Fsp3) is 0.111. The highest BCUT2D eigenvalue weighted by Gasteiger charge is 2.27. The first-order chi connectivity index (χ1) is 12.4. The lowest BCUT2D eigenvalue weighted by Gasteiger charge is -2.17. The zero-order valence-electron chi connectivity index (χ0n) is 14.1. The molecule has 1 aromatic heterocycles. The first-order valence-electron chi connectivity index (χ1n) is 7.83. The number of amides is 1. The molecule has 0 unspecified atom stereocenters. The summed E-state index contributed by atoms with van der Waals surface area (Å²) in [6, 6.07) is 12.8. The van der Waals surface area contributed by atoms with Crippen molar-refractivity contribution >= 4 is 15.9 Å². The molecule has 2 N–H and O–H groups in total. The van der Waals surface area contributed by atoms with Crippen molar-refractivity contribution in [3.05, 3.63) is 83.9 Å². The number of aryl methyl sites for hydroxylation is 1. The molecule has 8 heteroatoms. The minimum atomic E-state index is -4.11. The Morgan fingerprint density at radius 2 is 1.77 bits per heavy atom. The Hall–Kier alpha value is -2.97. The van der Waals surface area contributed by atoms with Crippen LogP contribution in [-0.4, -0.2) is 28.3 Å². The lowest BCUT2D eigenvalue weighted by Crippen LogP contribution is -2.42. The SMILES string of the molecule is Cc1ccc(S(=O)(=O)N(N)C(=O)c2ccc(Cn3ccnc3)cc2)cc1. The summed E-state index contributed by atoms with van der Waals surface area (Å²) in [4.78, 5) is 16.4. The molecule has 0 fully saturated rings. The number of nitrogens with zero attached hydrogens (tertiary/aromatic N) is 3. The van der Waals surface area contributed by atoms with Crippen molar-refractivity contribution in [1.82, 2.24) is 14.0 Å². The molecule has 0 radical (unpaired) electrons. The number of imidazole rings is 1. The first-order valence-corrected chi connectivity index (χ1v) is 9.27. The van der Waals surface area contributed by atoms with Gasteiger partial charge in [0, 0.05) is 24.5 Å². The molecule has 1 heterocycles. The summed E-state index contributed by atoms with van der Waals surface area (Å²) in [5, 5.41) is 0. The molecule has 0 aliphatic rings. The third-order valence-electron chi connectivity index (χ3n) is 3.90. The van der Waals surface area contributed by atoms with Crippen LogP contribution in [0.2, 0.25) is 0 Å². The van der Waals surface area contributed by atoms with E-state index >= 15 is 0 Å². The van der Waals surface area contributed by atoms with E-state index in [4.69, 9.17) is 5.84 Å². The standard InChI is InChI=1S/C18H18N4O3S/c1-14-2-8-17(9-3-14)26(24,25)22(19)18(23)16-6-4-15(5-7-16)12-21-11-10-20-13-21/h2-11,13H,12,19H2,1H3. The van der Waals surface area contributed by atoms with Crippen molar-refractivity contribution in [1.29, 1.82) is 0 Å². The van der Waals surface area contributed by atoms with Crippen LogP contribution in [0.3, 0.4) is 0 Å². The highest BCUT2D eigenvalue weighted by atomic mass is 32.2. The summed E-state index contributed by atoms with van der Waals surface area (Å²) in [7, 11) is -4.11. The van der Waals surface area contributed by atoms with Gasteiger partial charge in [-0.05, 0) is 36.8 Å². The monoisotopic (exact) mass is 370 g/mol. The van der Waals surface area contributed by atoms with E-state index in [1.54, 1.807) is 48.9 Å². The van der Waals surface area contributed by atoms with Gasteiger partial charge in [0.2, 0.25) is 0 Å². The van der Waals surface area contributed by atoms with E-state index in [1.807, 2.05) is 17.7 Å². The second-order valence-corrected chi connectivity index (χ2v) is 7.67. The number of hydrogen-bond donors (Lipinski definition) is 1. The zero-order valence-corrected chi connectivity index (χ0v) is 14.9. The fourth-order valence-corrected chi connectivity index (χ4v) is 3.43. The molecule has 1 amide bonds. The molecule has 7 nitrogen and oxygen atoms in total. The Bertz CT molecular complexity index is 996. The molecule has 2 aromatic carbocycles. The van der Waals surface area contributed by atoms with Crippen LogP contribution in [0.4, 0.5) is 0 Å². The van der Waals surface area contributed by atoms with Crippen LogP contribution in [0.5, 0.6) is 0 Å². The average Bonchev–Trinajstić information content (AvgIpc) is 3.14. The van der Waals surface area contributed by atoms with Crippen molar-refractivity contribution in [2.45, 2.75) is 18.4 Å². The molecule has 0 saturated carbocycles. The Balaban J connectivity index is 1.78. The highest BCUT2D eigenvalue weighted by Crippen LogP contribution is 2.17. The number of aromatic nitrogens is 2. The van der Waals surface area contributed by atoms with E-state index in [-0.39, 0.29) is 14.9 Å². The molecular weight excluding hydrogens is 352 g/mol. The van der Waals surface area contributed by atoms with Crippen LogP contribution in [-0.2, 0) is 16.6 Å². The van der Waals surface area contributed by atoms with Crippen molar-refractivity contribution in [2.24, 2.45) is 5.84 Å². The topological polar surface area (TPSA) is 98.3 Å². The summed E-state index contributed by atoms with van der Waals surface area (Å²) in [5.74, 6) is 4.84. The number of benzene rings is 2. The van der Waals surface area contributed by atoms with E-state index in [2.05, 4.69) is 4.98 Å². The molecule has 0 aliphatic heterocycles. The molecule has 26 heavy (non-hydrogen) atoms. The van der Waals surface area contributed by atoms with Crippen molar-refractivity contribution in [3.63, 3.8) is 0 Å². The number of carbonyl (C=O) groups excluding carboxylic acids is 1. The summed E-state index contributed by atoms with van der Waals surface area (Å²) in [5.41, 5.74) is 2.05. The minimum Gasteiger partial charge on any atom is -0.333 e. The van der Waals surface area contributed by atoms with Gasteiger partial charge >= 0.3 is 0 Å². The van der Waals surface area contributed by atoms with E-state index in [0.717, 1.165) is 11.1 Å². The second-order valence-electron chi connectivity index (χ2n) is 5.85. The van der Waals surface area contributed by atoms with Crippen LogP contribution < -0.4 is 5.84 Å². The maximum atomic E-state index is 12.5. The molecule has 3 aromatic rings. The lowest BCUT2D eigenvalue weighted by atomic mass is 10.1. The van der Waals surface area contributed by atoms with E-state index in [9.17, 15) is 13.2 Å². The number of nitrogens with two attached hydrogens (primary N) is 1. The van der Waals surface area contributed by atoms with Gasteiger partial charge in [0.1, 0.15) is 0 Å². The van der Waals surface area contributed by atoms with Crippen LogP contribution >= 0.6 is 0 Å². The van der Waals surface area contributed by atoms with Gasteiger partial charge in [0.15, 0.2) is 0 Å². The summed E-state index contributed by atoms with van der Waals surface area (Å²) >= 11 is 0. The molecule has 0 bridgehead atoms. The number of hydrogen-bond acceptors (Lipinski definition) is 5. The van der Waals surface area contributed by atoms with Gasteiger partial charge in [-0.15, -0.1) is 0 Å². The third-order valence-corrected chi connectivity index (χ3v) is 5.45. The molecule has 0 saturated heterocycles. The number of sulfonamides is 1. The summed E-state index contributed by atoms with van der Waals surface area (Å²) < 4.78 is 27.2. The van der Waals surface area contributed by atoms with E-state index < -0.39 is 15.9 Å². The van der Waals surface area contributed by atoms with Crippen molar-refractivity contribution in [2.75, 3.05) is 0 Å². The third kappa shape index (κ3) is 3.66. The van der Waals surface area contributed by atoms with Crippen LogP contribution in [0, 0.1) is 6.92 Å². The van der Waals surface area contributed by atoms with Crippen LogP contribution in [0.1, 0.15) is 21.5 Å². The lowest BCUT2D eigenvalue weighted by molar-refractivity contribution is 0.0861. The fourth-order valence-electron chi connectivity index (χ4n) is 2.40. The van der Waals surface area contributed by atoms with Gasteiger partial charge in [0.05, 0.1) is 11.2 Å². The Kier molecular flexibility index (Phi) is 4.88. The van der Waals surface area contributed by atoms with Crippen LogP contribution in [0.15, 0.2) is 72.1 Å². The van der Waals surface area contributed by atoms with Gasteiger partial charge in [0.25, 0.3) is 15.9 Å². The first kappa shape index (κ1) is 17.8. The number of rotatable bonds is 5. The Morgan fingerprint density at radius 1 is 1.12 bits per heavy atom. The highest BCUT2D eigenvalue weighted by molar-refractivity contribution is 7.89. The quantitative estimate of drug-likeness (QED) is 0.420. The molecule has 0 spiro atoms. The summed E-state index contributed by atoms with van der Waals surface area (Å²) in [6.45, 7) is 2.44. The van der Waals surface area contributed by atoms with Crippen molar-refractivity contribution < 1.29 is 13.2 Å². The number of carbonyl (C=O) groups is 1. The van der Waals surface area contributed by atoms with E-state index in [1.165, 1.54) is 12.1 Å².